The van der Waals surface area contributed by atoms with Gasteiger partial charge in [-0.1, -0.05) is 0 Å². The van der Waals surface area contributed by atoms with Crippen LogP contribution in [0.1, 0.15) is 11.1 Å². The maximum Gasteiger partial charge on any atom is 0.319 e. The number of rotatable bonds is 6. The van der Waals surface area contributed by atoms with Crippen molar-refractivity contribution in [1.29, 1.82) is 0 Å². The van der Waals surface area contributed by atoms with Crippen molar-refractivity contribution in [3.63, 3.8) is 0 Å². The second-order valence-electron chi connectivity index (χ2n) is 6.31. The Morgan fingerprint density at radius 3 is 2.42 bits per heavy atom. The summed E-state index contributed by atoms with van der Waals surface area (Å²) in [6.45, 7) is 3.09. The van der Waals surface area contributed by atoms with E-state index in [4.69, 9.17) is 4.74 Å². The van der Waals surface area contributed by atoms with E-state index >= 15 is 0 Å². The third kappa shape index (κ3) is 4.18. The van der Waals surface area contributed by atoms with Crippen LogP contribution in [0.2, 0.25) is 0 Å². The van der Waals surface area contributed by atoms with Gasteiger partial charge in [0, 0.05) is 6.04 Å². The van der Waals surface area contributed by atoms with E-state index in [0.717, 1.165) is 0 Å². The molecule has 0 saturated carbocycles. The maximum absolute atomic E-state index is 13.2. The number of ether oxygens (including phenoxy) is 2. The topological polar surface area (TPSA) is 116 Å². The van der Waals surface area contributed by atoms with Gasteiger partial charge in [-0.2, -0.15) is 0 Å². The maximum atomic E-state index is 13.2. The Labute approximate surface area is 153 Å². The Bertz CT molecular complexity index is 907. The van der Waals surface area contributed by atoms with Crippen molar-refractivity contribution < 1.29 is 31.1 Å². The largest absolute Gasteiger partial charge is 0.496 e. The lowest BCUT2D eigenvalue weighted by Crippen LogP contribution is -2.45. The van der Waals surface area contributed by atoms with E-state index in [9.17, 15) is 21.6 Å². The standard InChI is InChI=1S/C16H23NO7S2/c1-10-6-14(11(2)5-13(10)23-3)26(21,22)15-9-25(19,20)8-12(15)17-7-16(18)24-4/h5-6,12,15,17H,7-9H2,1-4H3/t12-,15-/m0/s1. The van der Waals surface area contributed by atoms with Gasteiger partial charge in [-0.25, -0.2) is 16.8 Å². The fraction of sp³-hybridized carbons (Fsp3) is 0.562. The molecule has 8 nitrogen and oxygen atoms in total. The molecule has 10 heteroatoms. The van der Waals surface area contributed by atoms with Crippen LogP contribution in [0.5, 0.6) is 5.75 Å². The van der Waals surface area contributed by atoms with E-state index in [1.165, 1.54) is 20.3 Å². The van der Waals surface area contributed by atoms with E-state index in [0.29, 0.717) is 16.9 Å². The van der Waals surface area contributed by atoms with Crippen molar-refractivity contribution in [3.05, 3.63) is 23.3 Å². The molecule has 0 aromatic heterocycles. The van der Waals surface area contributed by atoms with Crippen molar-refractivity contribution in [3.8, 4) is 5.75 Å². The van der Waals surface area contributed by atoms with Gasteiger partial charge in [0.25, 0.3) is 0 Å². The van der Waals surface area contributed by atoms with Crippen molar-refractivity contribution >= 4 is 25.6 Å². The number of hydrogen-bond donors (Lipinski definition) is 1. The van der Waals surface area contributed by atoms with Crippen LogP contribution in [-0.4, -0.2) is 66.4 Å². The first-order valence-corrected chi connectivity index (χ1v) is 11.3. The summed E-state index contributed by atoms with van der Waals surface area (Å²) in [4.78, 5) is 11.4. The van der Waals surface area contributed by atoms with Crippen LogP contribution in [0.25, 0.3) is 0 Å². The Hall–Kier alpha value is -1.65. The lowest BCUT2D eigenvalue weighted by Gasteiger charge is -2.21. The summed E-state index contributed by atoms with van der Waals surface area (Å²) in [6, 6.07) is 2.22. The fourth-order valence-electron chi connectivity index (χ4n) is 3.05. The van der Waals surface area contributed by atoms with E-state index in [2.05, 4.69) is 10.1 Å². The van der Waals surface area contributed by atoms with Crippen molar-refractivity contribution in [2.75, 3.05) is 32.3 Å². The summed E-state index contributed by atoms with van der Waals surface area (Å²) < 4.78 is 60.1. The molecule has 0 aliphatic carbocycles. The highest BCUT2D eigenvalue weighted by Crippen LogP contribution is 2.31. The number of aryl methyl sites for hydroxylation is 2. The Morgan fingerprint density at radius 2 is 1.85 bits per heavy atom. The normalized spacial score (nSPS) is 22.2. The average Bonchev–Trinajstić information content (AvgIpc) is 2.89. The summed E-state index contributed by atoms with van der Waals surface area (Å²) in [5.74, 6) is -0.872. The van der Waals surface area contributed by atoms with E-state index < -0.39 is 42.7 Å². The molecule has 0 radical (unpaired) electrons. The number of carbonyl (C=O) groups is 1. The van der Waals surface area contributed by atoms with Crippen LogP contribution in [0.4, 0.5) is 0 Å². The highest BCUT2D eigenvalue weighted by atomic mass is 32.2. The molecular weight excluding hydrogens is 382 g/mol. The number of benzene rings is 1. The fourth-order valence-corrected chi connectivity index (χ4v) is 8.08. The molecule has 1 aliphatic heterocycles. The van der Waals surface area contributed by atoms with Crippen LogP contribution in [0, 0.1) is 13.8 Å². The molecule has 0 amide bonds. The van der Waals surface area contributed by atoms with Crippen LogP contribution in [0.15, 0.2) is 17.0 Å². The lowest BCUT2D eigenvalue weighted by atomic mass is 10.1. The molecule has 0 spiro atoms. The molecule has 1 fully saturated rings. The minimum Gasteiger partial charge on any atom is -0.496 e. The van der Waals surface area contributed by atoms with Crippen molar-refractivity contribution in [1.82, 2.24) is 5.32 Å². The molecule has 1 heterocycles. The van der Waals surface area contributed by atoms with Crippen LogP contribution in [-0.2, 0) is 29.2 Å². The number of sulfone groups is 2. The number of esters is 1. The quantitative estimate of drug-likeness (QED) is 0.658. The molecule has 26 heavy (non-hydrogen) atoms. The summed E-state index contributed by atoms with van der Waals surface area (Å²) in [7, 11) is -4.79. The summed E-state index contributed by atoms with van der Waals surface area (Å²) in [6.07, 6.45) is 0. The zero-order valence-electron chi connectivity index (χ0n) is 15.1. The molecule has 1 aromatic rings. The van der Waals surface area contributed by atoms with Gasteiger partial charge in [0.15, 0.2) is 19.7 Å². The average molecular weight is 405 g/mol. The first kappa shape index (κ1) is 20.7. The molecule has 1 aromatic carbocycles. The molecule has 0 unspecified atom stereocenters. The van der Waals surface area contributed by atoms with Crippen LogP contribution in [0.3, 0.4) is 0 Å². The molecule has 1 aliphatic rings. The Morgan fingerprint density at radius 1 is 1.19 bits per heavy atom. The predicted octanol–water partition coefficient (Wildman–Crippen LogP) is 0.0139. The molecular formula is C16H23NO7S2. The number of carbonyl (C=O) groups excluding carboxylic acids is 1. The van der Waals surface area contributed by atoms with Gasteiger partial charge < -0.3 is 14.8 Å². The Kier molecular flexibility index (Phi) is 5.99. The molecule has 2 rings (SSSR count). The van der Waals surface area contributed by atoms with Crippen LogP contribution < -0.4 is 10.1 Å². The van der Waals surface area contributed by atoms with Crippen LogP contribution >= 0.6 is 0 Å². The van der Waals surface area contributed by atoms with Gasteiger partial charge in [-0.15, -0.1) is 0 Å². The highest BCUT2D eigenvalue weighted by Gasteiger charge is 2.46. The van der Waals surface area contributed by atoms with Gasteiger partial charge >= 0.3 is 5.97 Å². The van der Waals surface area contributed by atoms with Gasteiger partial charge in [-0.05, 0) is 37.1 Å². The van der Waals surface area contributed by atoms with E-state index in [1.54, 1.807) is 19.9 Å². The Balaban J connectivity index is 2.42. The zero-order chi connectivity index (χ0) is 19.7. The third-order valence-corrected chi connectivity index (χ3v) is 8.72. The minimum absolute atomic E-state index is 0.0720. The van der Waals surface area contributed by atoms with Crippen molar-refractivity contribution in [2.45, 2.75) is 30.0 Å². The zero-order valence-corrected chi connectivity index (χ0v) is 16.7. The second-order valence-corrected chi connectivity index (χ2v) is 10.6. The van der Waals surface area contributed by atoms with Gasteiger partial charge in [0.1, 0.15) is 5.75 Å². The predicted molar refractivity (Wildman–Crippen MR) is 95.9 cm³/mol. The SMILES string of the molecule is COC(=O)CN[C@H]1CS(=O)(=O)C[C@@H]1S(=O)(=O)c1cc(C)c(OC)cc1C. The van der Waals surface area contributed by atoms with E-state index in [-0.39, 0.29) is 17.2 Å². The molecule has 146 valence electrons. The van der Waals surface area contributed by atoms with Crippen molar-refractivity contribution in [2.24, 2.45) is 0 Å². The summed E-state index contributed by atoms with van der Waals surface area (Å²) in [5.41, 5.74) is 1.11. The summed E-state index contributed by atoms with van der Waals surface area (Å²) in [5, 5.41) is 1.54. The smallest absolute Gasteiger partial charge is 0.319 e. The molecule has 2 atom stereocenters. The molecule has 1 saturated heterocycles. The molecule has 1 N–H and O–H groups in total. The summed E-state index contributed by atoms with van der Waals surface area (Å²) >= 11 is 0. The number of nitrogens with one attached hydrogen (secondary N) is 1. The van der Waals surface area contributed by atoms with Gasteiger partial charge in [-0.3, -0.25) is 4.79 Å². The van der Waals surface area contributed by atoms with Gasteiger partial charge in [0.2, 0.25) is 0 Å². The highest BCUT2D eigenvalue weighted by molar-refractivity contribution is 7.96. The van der Waals surface area contributed by atoms with Gasteiger partial charge in [0.05, 0.1) is 42.4 Å². The first-order chi connectivity index (χ1) is 12.0. The second kappa shape index (κ2) is 7.53. The minimum atomic E-state index is -3.94. The van der Waals surface area contributed by atoms with E-state index in [1.807, 2.05) is 0 Å². The first-order valence-electron chi connectivity index (χ1n) is 7.91. The number of methoxy groups -OCH3 is 2. The third-order valence-electron chi connectivity index (χ3n) is 4.43. The lowest BCUT2D eigenvalue weighted by molar-refractivity contribution is -0.139. The monoisotopic (exact) mass is 405 g/mol. The number of hydrogen-bond acceptors (Lipinski definition) is 8. The molecule has 0 bridgehead atoms.